The molecule has 2 nitrogen and oxygen atoms in total. The molecule has 0 saturated carbocycles. The molecule has 0 fully saturated rings. The monoisotopic (exact) mass is 283 g/mol. The van der Waals surface area contributed by atoms with Crippen LogP contribution in [-0.2, 0) is 0 Å². The minimum Gasteiger partial charge on any atom is -0.508 e. The maximum atomic E-state index is 9.28. The lowest BCUT2D eigenvalue weighted by atomic mass is 9.98. The molecule has 1 N–H and O–H groups in total. The third-order valence-electron chi connectivity index (χ3n) is 2.80. The Bertz CT molecular complexity index is 550. The summed E-state index contributed by atoms with van der Waals surface area (Å²) in [5, 5.41) is 9.28. The first-order valence-electron chi connectivity index (χ1n) is 7.11. The fourth-order valence-electron chi connectivity index (χ4n) is 1.73. The van der Waals surface area contributed by atoms with Crippen LogP contribution in [0, 0.1) is 17.3 Å². The van der Waals surface area contributed by atoms with Crippen molar-refractivity contribution in [2.75, 3.05) is 20.1 Å². The molecule has 0 spiro atoms. The van der Waals surface area contributed by atoms with E-state index < -0.39 is 0 Å². The summed E-state index contributed by atoms with van der Waals surface area (Å²) in [7, 11) is 2.05. The highest BCUT2D eigenvalue weighted by molar-refractivity contribution is 5.65. The molecule has 0 unspecified atom stereocenters. The van der Waals surface area contributed by atoms with Gasteiger partial charge in [0.05, 0.1) is 0 Å². The summed E-state index contributed by atoms with van der Waals surface area (Å²) in [6.45, 7) is 12.0. The van der Waals surface area contributed by atoms with Gasteiger partial charge in [-0.2, -0.15) is 0 Å². The largest absolute Gasteiger partial charge is 0.508 e. The van der Waals surface area contributed by atoms with Gasteiger partial charge in [-0.25, -0.2) is 0 Å². The Hall–Kier alpha value is -1.98. The number of phenolic OH excluding ortho intramolecular Hbond substituents is 1. The molecule has 112 valence electrons. The maximum Gasteiger partial charge on any atom is 0.115 e. The van der Waals surface area contributed by atoms with E-state index in [1.807, 2.05) is 25.3 Å². The summed E-state index contributed by atoms with van der Waals surface area (Å²) >= 11 is 0. The number of phenols is 1. The van der Waals surface area contributed by atoms with Crippen LogP contribution in [0.15, 0.2) is 43.0 Å². The van der Waals surface area contributed by atoms with Crippen LogP contribution in [0.3, 0.4) is 0 Å². The molecule has 0 radical (unpaired) electrons. The number of hydrogen-bond acceptors (Lipinski definition) is 2. The standard InChI is InChI=1S/C19H25NO/c1-16(17-9-11-18(21)12-10-17)15-20(5)14-8-6-7-13-19(2,3)4/h6,8-12,21H,1,14-15H2,2-5H3. The van der Waals surface area contributed by atoms with Crippen molar-refractivity contribution in [2.24, 2.45) is 5.41 Å². The fourth-order valence-corrected chi connectivity index (χ4v) is 1.73. The molecule has 21 heavy (non-hydrogen) atoms. The van der Waals surface area contributed by atoms with E-state index >= 15 is 0 Å². The Balaban J connectivity index is 2.44. The van der Waals surface area contributed by atoms with Gasteiger partial charge in [0.15, 0.2) is 0 Å². The first-order chi connectivity index (χ1) is 9.78. The minimum absolute atomic E-state index is 0.0450. The van der Waals surface area contributed by atoms with Gasteiger partial charge in [0.1, 0.15) is 5.75 Å². The number of likely N-dealkylation sites (N-methyl/N-ethyl adjacent to an activating group) is 1. The number of rotatable bonds is 5. The lowest BCUT2D eigenvalue weighted by Crippen LogP contribution is -2.20. The Labute approximate surface area is 128 Å². The summed E-state index contributed by atoms with van der Waals surface area (Å²) in [4.78, 5) is 2.17. The van der Waals surface area contributed by atoms with Gasteiger partial charge < -0.3 is 5.11 Å². The van der Waals surface area contributed by atoms with Crippen molar-refractivity contribution in [3.63, 3.8) is 0 Å². The van der Waals surface area contributed by atoms with Gasteiger partial charge >= 0.3 is 0 Å². The van der Waals surface area contributed by atoms with Crippen LogP contribution in [0.25, 0.3) is 5.57 Å². The smallest absolute Gasteiger partial charge is 0.115 e. The van der Waals surface area contributed by atoms with Crippen molar-refractivity contribution >= 4 is 5.57 Å². The molecule has 0 amide bonds. The van der Waals surface area contributed by atoms with Crippen LogP contribution >= 0.6 is 0 Å². The number of benzene rings is 1. The highest BCUT2D eigenvalue weighted by atomic mass is 16.3. The van der Waals surface area contributed by atoms with Crippen LogP contribution in [0.5, 0.6) is 5.75 Å². The second-order valence-corrected chi connectivity index (χ2v) is 6.27. The van der Waals surface area contributed by atoms with E-state index in [4.69, 9.17) is 0 Å². The summed E-state index contributed by atoms with van der Waals surface area (Å²) < 4.78 is 0. The summed E-state index contributed by atoms with van der Waals surface area (Å²) in [6.07, 6.45) is 3.97. The lowest BCUT2D eigenvalue weighted by Gasteiger charge is -2.16. The third-order valence-corrected chi connectivity index (χ3v) is 2.80. The molecule has 0 aliphatic carbocycles. The van der Waals surface area contributed by atoms with E-state index in [1.165, 1.54) is 0 Å². The zero-order valence-corrected chi connectivity index (χ0v) is 13.5. The molecule has 1 rings (SSSR count). The summed E-state index contributed by atoms with van der Waals surface area (Å²) in [5.74, 6) is 6.51. The van der Waals surface area contributed by atoms with Gasteiger partial charge in [-0.15, -0.1) is 0 Å². The molecule has 0 aliphatic heterocycles. The minimum atomic E-state index is 0.0450. The van der Waals surface area contributed by atoms with E-state index in [0.29, 0.717) is 0 Å². The van der Waals surface area contributed by atoms with Crippen molar-refractivity contribution in [2.45, 2.75) is 20.8 Å². The number of aromatic hydroxyl groups is 1. The number of nitrogens with zero attached hydrogens (tertiary/aromatic N) is 1. The van der Waals surface area contributed by atoms with Crippen molar-refractivity contribution in [1.29, 1.82) is 0 Å². The van der Waals surface area contributed by atoms with Crippen LogP contribution in [-0.4, -0.2) is 30.1 Å². The Morgan fingerprint density at radius 3 is 2.48 bits per heavy atom. The molecule has 0 bridgehead atoms. The highest BCUT2D eigenvalue weighted by Crippen LogP contribution is 2.17. The predicted octanol–water partition coefficient (Wildman–Crippen LogP) is 3.94. The molecular formula is C19H25NO. The van der Waals surface area contributed by atoms with E-state index in [9.17, 15) is 5.11 Å². The topological polar surface area (TPSA) is 23.5 Å². The average Bonchev–Trinajstić information content (AvgIpc) is 2.37. The Morgan fingerprint density at radius 2 is 1.90 bits per heavy atom. The second kappa shape index (κ2) is 7.71. The highest BCUT2D eigenvalue weighted by Gasteiger charge is 2.03. The quantitative estimate of drug-likeness (QED) is 0.827. The molecule has 0 atom stereocenters. The van der Waals surface area contributed by atoms with Crippen LogP contribution in [0.2, 0.25) is 0 Å². The molecule has 2 heteroatoms. The Kier molecular flexibility index (Phi) is 6.27. The lowest BCUT2D eigenvalue weighted by molar-refractivity contribution is 0.419. The molecule has 1 aromatic carbocycles. The molecule has 0 saturated heterocycles. The van der Waals surface area contributed by atoms with E-state index in [1.54, 1.807) is 12.1 Å². The van der Waals surface area contributed by atoms with Crippen LogP contribution in [0.4, 0.5) is 0 Å². The van der Waals surface area contributed by atoms with E-state index in [-0.39, 0.29) is 11.2 Å². The van der Waals surface area contributed by atoms with Gasteiger partial charge in [-0.1, -0.05) is 36.6 Å². The first kappa shape index (κ1) is 17.1. The zero-order chi connectivity index (χ0) is 15.9. The second-order valence-electron chi connectivity index (χ2n) is 6.27. The SMILES string of the molecule is C=C(CN(C)CC=CC#CC(C)(C)C)c1ccc(O)cc1. The van der Waals surface area contributed by atoms with Gasteiger partial charge in [-0.3, -0.25) is 4.90 Å². The molecule has 0 aromatic heterocycles. The zero-order valence-electron chi connectivity index (χ0n) is 13.5. The first-order valence-corrected chi connectivity index (χ1v) is 7.11. The van der Waals surface area contributed by atoms with Crippen molar-refractivity contribution in [3.8, 4) is 17.6 Å². The number of hydrogen-bond donors (Lipinski definition) is 1. The summed E-state index contributed by atoms with van der Waals surface area (Å²) in [6, 6.07) is 7.14. The van der Waals surface area contributed by atoms with E-state index in [0.717, 1.165) is 24.2 Å². The van der Waals surface area contributed by atoms with Gasteiger partial charge in [0.25, 0.3) is 0 Å². The van der Waals surface area contributed by atoms with Gasteiger partial charge in [-0.05, 0) is 57.2 Å². The van der Waals surface area contributed by atoms with Gasteiger partial charge in [0.2, 0.25) is 0 Å². The molecule has 0 aliphatic rings. The van der Waals surface area contributed by atoms with Crippen molar-refractivity contribution < 1.29 is 5.11 Å². The molecule has 0 heterocycles. The maximum absolute atomic E-state index is 9.28. The predicted molar refractivity (Wildman–Crippen MR) is 91.0 cm³/mol. The molecule has 1 aromatic rings. The normalized spacial score (nSPS) is 11.5. The summed E-state index contributed by atoms with van der Waals surface area (Å²) in [5.41, 5.74) is 2.13. The molecular weight excluding hydrogens is 258 g/mol. The van der Waals surface area contributed by atoms with Crippen LogP contribution in [0.1, 0.15) is 26.3 Å². The third kappa shape index (κ3) is 7.39. The fraction of sp³-hybridized carbons (Fsp3) is 0.368. The van der Waals surface area contributed by atoms with Gasteiger partial charge in [0, 0.05) is 18.5 Å². The average molecular weight is 283 g/mol. The van der Waals surface area contributed by atoms with Crippen molar-refractivity contribution in [3.05, 3.63) is 48.6 Å². The van der Waals surface area contributed by atoms with Crippen LogP contribution < -0.4 is 0 Å². The van der Waals surface area contributed by atoms with E-state index in [2.05, 4.69) is 50.2 Å². The van der Waals surface area contributed by atoms with Crippen molar-refractivity contribution in [1.82, 2.24) is 4.90 Å². The Morgan fingerprint density at radius 1 is 1.29 bits per heavy atom. The number of allylic oxidation sites excluding steroid dienone is 1.